The summed E-state index contributed by atoms with van der Waals surface area (Å²) in [5.41, 5.74) is 4.38. The standard InChI is InChI=1S/C19H17N5S/c1-3-23-12(2)20-14-10-13(8-9-15(14)23)19-22-21-18-11-25-17-7-5-4-6-16(17)24(18)19/h4-10H,3,11H2,1-2H3. The Balaban J connectivity index is 1.71. The zero-order valence-electron chi connectivity index (χ0n) is 14.1. The lowest BCUT2D eigenvalue weighted by Gasteiger charge is -2.18. The molecule has 124 valence electrons. The van der Waals surface area contributed by atoms with Gasteiger partial charge in [-0.25, -0.2) is 4.98 Å². The molecule has 0 atom stereocenters. The normalized spacial score (nSPS) is 13.0. The van der Waals surface area contributed by atoms with Gasteiger partial charge in [0.2, 0.25) is 0 Å². The predicted octanol–water partition coefficient (Wildman–Crippen LogP) is 4.22. The Morgan fingerprint density at radius 1 is 1.12 bits per heavy atom. The molecule has 1 aliphatic rings. The summed E-state index contributed by atoms with van der Waals surface area (Å²) in [7, 11) is 0. The first-order chi connectivity index (χ1) is 12.3. The SMILES string of the molecule is CCn1c(C)nc2cc(-c3nnc4n3-c3ccccc3SC4)ccc21. The van der Waals surface area contributed by atoms with E-state index in [9.17, 15) is 0 Å². The van der Waals surface area contributed by atoms with Crippen molar-refractivity contribution in [2.75, 3.05) is 0 Å². The van der Waals surface area contributed by atoms with E-state index in [0.29, 0.717) is 0 Å². The maximum absolute atomic E-state index is 4.71. The van der Waals surface area contributed by atoms with E-state index in [2.05, 4.69) is 75.6 Å². The smallest absolute Gasteiger partial charge is 0.168 e. The highest BCUT2D eigenvalue weighted by Gasteiger charge is 2.22. The fourth-order valence-corrected chi connectivity index (χ4v) is 4.50. The predicted molar refractivity (Wildman–Crippen MR) is 100 cm³/mol. The number of aromatic nitrogens is 5. The Morgan fingerprint density at radius 2 is 2.00 bits per heavy atom. The van der Waals surface area contributed by atoms with Crippen molar-refractivity contribution in [1.82, 2.24) is 24.3 Å². The van der Waals surface area contributed by atoms with Crippen LogP contribution in [0.4, 0.5) is 0 Å². The Labute approximate surface area is 149 Å². The number of hydrogen-bond donors (Lipinski definition) is 0. The minimum atomic E-state index is 0.843. The van der Waals surface area contributed by atoms with Crippen molar-refractivity contribution >= 4 is 22.8 Å². The topological polar surface area (TPSA) is 48.5 Å². The highest BCUT2D eigenvalue weighted by Crippen LogP contribution is 2.37. The molecule has 0 amide bonds. The minimum Gasteiger partial charge on any atom is -0.329 e. The maximum Gasteiger partial charge on any atom is 0.168 e. The molecule has 6 heteroatoms. The Morgan fingerprint density at radius 3 is 2.88 bits per heavy atom. The number of imidazole rings is 1. The molecular formula is C19H17N5S. The van der Waals surface area contributed by atoms with Crippen LogP contribution in [0.25, 0.3) is 28.1 Å². The van der Waals surface area contributed by atoms with Crippen LogP contribution in [-0.4, -0.2) is 24.3 Å². The molecule has 0 N–H and O–H groups in total. The number of aryl methyl sites for hydroxylation is 2. The largest absolute Gasteiger partial charge is 0.329 e. The van der Waals surface area contributed by atoms with E-state index < -0.39 is 0 Å². The summed E-state index contributed by atoms with van der Waals surface area (Å²) >= 11 is 1.81. The molecule has 0 saturated carbocycles. The van der Waals surface area contributed by atoms with Gasteiger partial charge < -0.3 is 4.57 Å². The summed E-state index contributed by atoms with van der Waals surface area (Å²) in [5, 5.41) is 8.91. The molecule has 4 aromatic rings. The molecule has 0 unspecified atom stereocenters. The molecule has 0 spiro atoms. The summed E-state index contributed by atoms with van der Waals surface area (Å²) in [4.78, 5) is 5.98. The molecule has 25 heavy (non-hydrogen) atoms. The zero-order valence-corrected chi connectivity index (χ0v) is 14.9. The molecule has 2 aromatic heterocycles. The molecule has 1 aliphatic heterocycles. The number of thioether (sulfide) groups is 1. The molecule has 0 saturated heterocycles. The lowest BCUT2D eigenvalue weighted by Crippen LogP contribution is -2.07. The van der Waals surface area contributed by atoms with Crippen LogP contribution in [0.5, 0.6) is 0 Å². The first kappa shape index (κ1) is 14.7. The van der Waals surface area contributed by atoms with Crippen molar-refractivity contribution in [2.45, 2.75) is 31.0 Å². The highest BCUT2D eigenvalue weighted by atomic mass is 32.2. The first-order valence-corrected chi connectivity index (χ1v) is 9.38. The van der Waals surface area contributed by atoms with Gasteiger partial charge in [-0.3, -0.25) is 4.57 Å². The fourth-order valence-electron chi connectivity index (χ4n) is 3.54. The molecule has 5 nitrogen and oxygen atoms in total. The minimum absolute atomic E-state index is 0.843. The van der Waals surface area contributed by atoms with Gasteiger partial charge in [-0.1, -0.05) is 12.1 Å². The van der Waals surface area contributed by atoms with Crippen LogP contribution >= 0.6 is 11.8 Å². The second-order valence-corrected chi connectivity index (χ2v) is 7.16. The summed E-state index contributed by atoms with van der Waals surface area (Å²) in [6.07, 6.45) is 0. The van der Waals surface area contributed by atoms with Crippen molar-refractivity contribution in [3.63, 3.8) is 0 Å². The monoisotopic (exact) mass is 347 g/mol. The fraction of sp³-hybridized carbons (Fsp3) is 0.211. The molecule has 3 heterocycles. The molecule has 0 aliphatic carbocycles. The second kappa shape index (κ2) is 5.46. The van der Waals surface area contributed by atoms with Crippen molar-refractivity contribution in [2.24, 2.45) is 0 Å². The third-order valence-electron chi connectivity index (χ3n) is 4.71. The van der Waals surface area contributed by atoms with E-state index in [0.717, 1.165) is 52.1 Å². The van der Waals surface area contributed by atoms with E-state index in [1.807, 2.05) is 11.8 Å². The number of benzene rings is 2. The van der Waals surface area contributed by atoms with E-state index in [1.165, 1.54) is 4.90 Å². The lowest BCUT2D eigenvalue weighted by molar-refractivity contribution is 0.753. The molecule has 0 bridgehead atoms. The van der Waals surface area contributed by atoms with E-state index in [1.54, 1.807) is 0 Å². The Bertz CT molecular complexity index is 1110. The van der Waals surface area contributed by atoms with Crippen LogP contribution in [0.3, 0.4) is 0 Å². The maximum atomic E-state index is 4.71. The number of para-hydroxylation sites is 1. The van der Waals surface area contributed by atoms with Gasteiger partial charge in [-0.15, -0.1) is 22.0 Å². The van der Waals surface area contributed by atoms with E-state index >= 15 is 0 Å². The lowest BCUT2D eigenvalue weighted by atomic mass is 10.1. The van der Waals surface area contributed by atoms with Gasteiger partial charge in [0.25, 0.3) is 0 Å². The number of fused-ring (bicyclic) bond motifs is 4. The Kier molecular flexibility index (Phi) is 3.21. The van der Waals surface area contributed by atoms with Gasteiger partial charge in [-0.05, 0) is 44.2 Å². The molecule has 2 aromatic carbocycles. The summed E-state index contributed by atoms with van der Waals surface area (Å²) in [6.45, 7) is 5.12. The van der Waals surface area contributed by atoms with Gasteiger partial charge in [0, 0.05) is 17.0 Å². The van der Waals surface area contributed by atoms with Crippen LogP contribution in [0, 0.1) is 6.92 Å². The summed E-state index contributed by atoms with van der Waals surface area (Å²) in [5.74, 6) is 3.76. The average Bonchev–Trinajstić information content (AvgIpc) is 3.21. The van der Waals surface area contributed by atoms with Crippen LogP contribution in [0.2, 0.25) is 0 Å². The van der Waals surface area contributed by atoms with Crippen molar-refractivity contribution in [1.29, 1.82) is 0 Å². The van der Waals surface area contributed by atoms with Gasteiger partial charge >= 0.3 is 0 Å². The van der Waals surface area contributed by atoms with Gasteiger partial charge in [0.15, 0.2) is 5.82 Å². The van der Waals surface area contributed by atoms with Crippen LogP contribution in [-0.2, 0) is 12.3 Å². The van der Waals surface area contributed by atoms with Gasteiger partial charge in [-0.2, -0.15) is 0 Å². The molecule has 0 fully saturated rings. The van der Waals surface area contributed by atoms with Crippen LogP contribution in [0.15, 0.2) is 47.4 Å². The molecule has 5 rings (SSSR count). The van der Waals surface area contributed by atoms with Crippen molar-refractivity contribution in [3.05, 3.63) is 54.1 Å². The number of nitrogens with zero attached hydrogens (tertiary/aromatic N) is 5. The van der Waals surface area contributed by atoms with E-state index in [4.69, 9.17) is 4.98 Å². The third kappa shape index (κ3) is 2.14. The summed E-state index contributed by atoms with van der Waals surface area (Å²) < 4.78 is 4.40. The quantitative estimate of drug-likeness (QED) is 0.545. The van der Waals surface area contributed by atoms with E-state index in [-0.39, 0.29) is 0 Å². The van der Waals surface area contributed by atoms with Crippen molar-refractivity contribution in [3.8, 4) is 17.1 Å². The Hall–Kier alpha value is -2.60. The van der Waals surface area contributed by atoms with Crippen LogP contribution < -0.4 is 0 Å². The second-order valence-electron chi connectivity index (χ2n) is 6.14. The molecule has 0 radical (unpaired) electrons. The van der Waals surface area contributed by atoms with Crippen molar-refractivity contribution < 1.29 is 0 Å². The molecular weight excluding hydrogens is 330 g/mol. The van der Waals surface area contributed by atoms with Crippen LogP contribution in [0.1, 0.15) is 18.6 Å². The average molecular weight is 347 g/mol. The van der Waals surface area contributed by atoms with Gasteiger partial charge in [0.1, 0.15) is 11.6 Å². The number of hydrogen-bond acceptors (Lipinski definition) is 4. The third-order valence-corrected chi connectivity index (χ3v) is 5.77. The van der Waals surface area contributed by atoms with Gasteiger partial charge in [0.05, 0.1) is 22.5 Å². The highest BCUT2D eigenvalue weighted by molar-refractivity contribution is 7.98. The summed E-state index contributed by atoms with van der Waals surface area (Å²) in [6, 6.07) is 14.8. The first-order valence-electron chi connectivity index (χ1n) is 8.40. The number of rotatable bonds is 2. The zero-order chi connectivity index (χ0) is 17.0.